The highest BCUT2D eigenvalue weighted by Gasteiger charge is 2.18. The molecule has 0 fully saturated rings. The van der Waals surface area contributed by atoms with Crippen LogP contribution >= 0.6 is 11.6 Å². The normalized spacial score (nSPS) is 12.1. The Labute approximate surface area is 134 Å². The fourth-order valence-electron chi connectivity index (χ4n) is 1.86. The molecule has 0 unspecified atom stereocenters. The lowest BCUT2D eigenvalue weighted by Crippen LogP contribution is -2.16. The molecule has 0 aliphatic heterocycles. The molecule has 118 valence electrons. The molecule has 0 amide bonds. The third-order valence-corrected chi connectivity index (χ3v) is 5.53. The average molecular weight is 361 g/mol. The van der Waals surface area contributed by atoms with E-state index in [1.54, 1.807) is 6.92 Å². The van der Waals surface area contributed by atoms with Gasteiger partial charge in [-0.15, -0.1) is 0 Å². The summed E-state index contributed by atoms with van der Waals surface area (Å²) < 4.78 is 49.6. The molecule has 0 heterocycles. The molecule has 0 aliphatic carbocycles. The maximum atomic E-state index is 12.4. The largest absolute Gasteiger partial charge is 0.280 e. The first-order valence-corrected chi connectivity index (χ1v) is 9.42. The second-order valence-electron chi connectivity index (χ2n) is 4.59. The van der Waals surface area contributed by atoms with E-state index in [2.05, 4.69) is 4.72 Å². The van der Waals surface area contributed by atoms with E-state index in [9.17, 15) is 16.8 Å². The van der Waals surface area contributed by atoms with Crippen LogP contribution in [0.5, 0.6) is 0 Å². The van der Waals surface area contributed by atoms with Gasteiger partial charge in [-0.3, -0.25) is 4.72 Å². The minimum Gasteiger partial charge on any atom is -0.280 e. The number of hydrogen-bond donors (Lipinski definition) is 2. The van der Waals surface area contributed by atoms with Crippen LogP contribution < -0.4 is 9.86 Å². The lowest BCUT2D eigenvalue weighted by molar-refractivity contribution is 0.596. The van der Waals surface area contributed by atoms with Crippen molar-refractivity contribution in [2.24, 2.45) is 5.14 Å². The number of sulfonamides is 2. The van der Waals surface area contributed by atoms with Crippen LogP contribution in [0.2, 0.25) is 5.02 Å². The van der Waals surface area contributed by atoms with Gasteiger partial charge in [0.2, 0.25) is 10.0 Å². The molecule has 0 saturated carbocycles. The smallest absolute Gasteiger partial charge is 0.262 e. The average Bonchev–Trinajstić information content (AvgIpc) is 2.36. The Hall–Kier alpha value is -1.61. The number of nitrogens with one attached hydrogen (secondary N) is 1. The maximum absolute atomic E-state index is 12.4. The number of halogens is 1. The van der Waals surface area contributed by atoms with Crippen molar-refractivity contribution in [3.05, 3.63) is 53.1 Å². The molecular weight excluding hydrogens is 348 g/mol. The Morgan fingerprint density at radius 2 is 1.73 bits per heavy atom. The lowest BCUT2D eigenvalue weighted by Gasteiger charge is -2.11. The van der Waals surface area contributed by atoms with Crippen molar-refractivity contribution in [3.8, 4) is 0 Å². The van der Waals surface area contributed by atoms with Gasteiger partial charge in [-0.2, -0.15) is 0 Å². The van der Waals surface area contributed by atoms with Gasteiger partial charge >= 0.3 is 0 Å². The fraction of sp³-hybridized carbons (Fsp3) is 0.0769. The predicted octanol–water partition coefficient (Wildman–Crippen LogP) is 2.10. The van der Waals surface area contributed by atoms with Crippen molar-refractivity contribution in [3.63, 3.8) is 0 Å². The molecule has 0 bridgehead atoms. The molecule has 2 aromatic carbocycles. The maximum Gasteiger partial charge on any atom is 0.262 e. The number of anilines is 1. The van der Waals surface area contributed by atoms with Gasteiger partial charge < -0.3 is 0 Å². The van der Waals surface area contributed by atoms with Crippen molar-refractivity contribution in [2.75, 3.05) is 4.72 Å². The minimum atomic E-state index is -3.91. The van der Waals surface area contributed by atoms with E-state index in [0.717, 1.165) is 6.07 Å². The molecule has 0 atom stereocenters. The van der Waals surface area contributed by atoms with Gasteiger partial charge in [0.05, 0.1) is 15.5 Å². The first-order chi connectivity index (χ1) is 10.1. The minimum absolute atomic E-state index is 0.0536. The number of hydrogen-bond acceptors (Lipinski definition) is 4. The van der Waals surface area contributed by atoms with Gasteiger partial charge in [-0.05, 0) is 48.9 Å². The van der Waals surface area contributed by atoms with Crippen LogP contribution in [0.4, 0.5) is 5.69 Å². The number of benzene rings is 2. The zero-order chi connectivity index (χ0) is 16.5. The summed E-state index contributed by atoms with van der Waals surface area (Å²) in [5.74, 6) is 0. The SMILES string of the molecule is Cc1cc(Cl)ccc1S(=O)(=O)Nc1cccc(S(N)(=O)=O)c1. The summed E-state index contributed by atoms with van der Waals surface area (Å²) in [4.78, 5) is -0.126. The lowest BCUT2D eigenvalue weighted by atomic mass is 10.2. The van der Waals surface area contributed by atoms with E-state index in [4.69, 9.17) is 16.7 Å². The third kappa shape index (κ3) is 3.77. The van der Waals surface area contributed by atoms with Crippen molar-refractivity contribution in [2.45, 2.75) is 16.7 Å². The Morgan fingerprint density at radius 3 is 2.32 bits per heavy atom. The number of nitrogens with two attached hydrogens (primary N) is 1. The highest BCUT2D eigenvalue weighted by molar-refractivity contribution is 7.92. The highest BCUT2D eigenvalue weighted by Crippen LogP contribution is 2.23. The molecule has 0 aliphatic rings. The first kappa shape index (κ1) is 16.8. The summed E-state index contributed by atoms with van der Waals surface area (Å²) in [6.45, 7) is 1.61. The number of aryl methyl sites for hydroxylation is 1. The molecule has 0 aromatic heterocycles. The van der Waals surface area contributed by atoms with E-state index in [0.29, 0.717) is 10.6 Å². The van der Waals surface area contributed by atoms with Crippen LogP contribution in [0.25, 0.3) is 0 Å². The molecule has 2 rings (SSSR count). The van der Waals surface area contributed by atoms with Gasteiger partial charge in [0.1, 0.15) is 0 Å². The van der Waals surface area contributed by atoms with E-state index in [1.165, 1.54) is 36.4 Å². The Morgan fingerprint density at radius 1 is 1.05 bits per heavy atom. The van der Waals surface area contributed by atoms with E-state index < -0.39 is 20.0 Å². The molecule has 22 heavy (non-hydrogen) atoms. The van der Waals surface area contributed by atoms with Gasteiger partial charge in [-0.25, -0.2) is 22.0 Å². The Bertz CT molecular complexity index is 925. The second kappa shape index (κ2) is 5.88. The molecular formula is C13H13ClN2O4S2. The summed E-state index contributed by atoms with van der Waals surface area (Å²) in [5.41, 5.74) is 0.573. The van der Waals surface area contributed by atoms with Gasteiger partial charge in [0, 0.05) is 5.02 Å². The van der Waals surface area contributed by atoms with Crippen LogP contribution in [0, 0.1) is 6.92 Å². The van der Waals surface area contributed by atoms with Crippen LogP contribution in [0.3, 0.4) is 0 Å². The topological polar surface area (TPSA) is 106 Å². The molecule has 2 aromatic rings. The van der Waals surface area contributed by atoms with Gasteiger partial charge in [-0.1, -0.05) is 17.7 Å². The summed E-state index contributed by atoms with van der Waals surface area (Å²) in [6.07, 6.45) is 0. The molecule has 0 radical (unpaired) electrons. The predicted molar refractivity (Wildman–Crippen MR) is 84.8 cm³/mol. The fourth-order valence-corrected chi connectivity index (χ4v) is 3.92. The van der Waals surface area contributed by atoms with E-state index >= 15 is 0 Å². The van der Waals surface area contributed by atoms with Crippen molar-refractivity contribution in [1.29, 1.82) is 0 Å². The summed E-state index contributed by atoms with van der Waals surface area (Å²) in [6, 6.07) is 9.62. The van der Waals surface area contributed by atoms with Crippen molar-refractivity contribution >= 4 is 37.3 Å². The Balaban J connectivity index is 2.41. The van der Waals surface area contributed by atoms with Crippen LogP contribution in [0.15, 0.2) is 52.3 Å². The molecule has 6 nitrogen and oxygen atoms in total. The van der Waals surface area contributed by atoms with Crippen molar-refractivity contribution < 1.29 is 16.8 Å². The van der Waals surface area contributed by atoms with Crippen LogP contribution in [0.1, 0.15) is 5.56 Å². The van der Waals surface area contributed by atoms with Gasteiger partial charge in [0.15, 0.2) is 0 Å². The monoisotopic (exact) mass is 360 g/mol. The molecule has 0 saturated heterocycles. The first-order valence-electron chi connectivity index (χ1n) is 6.01. The van der Waals surface area contributed by atoms with Crippen LogP contribution in [-0.2, 0) is 20.0 Å². The van der Waals surface area contributed by atoms with E-state index in [1.807, 2.05) is 0 Å². The molecule has 9 heteroatoms. The second-order valence-corrected chi connectivity index (χ2v) is 8.24. The highest BCUT2D eigenvalue weighted by atomic mass is 35.5. The van der Waals surface area contributed by atoms with Crippen LogP contribution in [-0.4, -0.2) is 16.8 Å². The Kier molecular flexibility index (Phi) is 4.48. The quantitative estimate of drug-likeness (QED) is 0.870. The van der Waals surface area contributed by atoms with E-state index in [-0.39, 0.29) is 15.5 Å². The number of rotatable bonds is 4. The molecule has 0 spiro atoms. The summed E-state index contributed by atoms with van der Waals surface area (Å²) in [7, 11) is -7.78. The van der Waals surface area contributed by atoms with Gasteiger partial charge in [0.25, 0.3) is 10.0 Å². The third-order valence-electron chi connectivity index (χ3n) is 2.84. The number of primary sulfonamides is 1. The van der Waals surface area contributed by atoms with Crippen molar-refractivity contribution in [1.82, 2.24) is 0 Å². The standard InChI is InChI=1S/C13H13ClN2O4S2/c1-9-7-10(14)5-6-13(9)22(19,20)16-11-3-2-4-12(8-11)21(15,17)18/h2-8,16H,1H3,(H2,15,17,18). The summed E-state index contributed by atoms with van der Waals surface area (Å²) >= 11 is 5.80. The zero-order valence-corrected chi connectivity index (χ0v) is 13.8. The summed E-state index contributed by atoms with van der Waals surface area (Å²) in [5, 5.41) is 5.45. The zero-order valence-electron chi connectivity index (χ0n) is 11.4. The molecule has 3 N–H and O–H groups in total.